The molecule has 2 aromatic heterocycles. The van der Waals surface area contributed by atoms with Crippen molar-refractivity contribution in [1.82, 2.24) is 19.7 Å². The van der Waals surface area contributed by atoms with Gasteiger partial charge in [-0.05, 0) is 4.92 Å². The van der Waals surface area contributed by atoms with E-state index in [0.29, 0.717) is 18.8 Å². The molecule has 0 aliphatic heterocycles. The van der Waals surface area contributed by atoms with Crippen molar-refractivity contribution in [2.75, 3.05) is 11.9 Å². The SMILES string of the molecule is O=[N+]([O-])c1[nH]ncc1NCCn1ccnc1. The van der Waals surface area contributed by atoms with Crippen LogP contribution in [-0.4, -0.2) is 31.2 Å². The van der Waals surface area contributed by atoms with Crippen molar-refractivity contribution in [3.05, 3.63) is 35.0 Å². The smallest absolute Gasteiger partial charge is 0.366 e. The van der Waals surface area contributed by atoms with Crippen molar-refractivity contribution >= 4 is 11.5 Å². The van der Waals surface area contributed by atoms with Crippen LogP contribution >= 0.6 is 0 Å². The largest absolute Gasteiger partial charge is 0.375 e. The van der Waals surface area contributed by atoms with Gasteiger partial charge in [0.05, 0.1) is 6.33 Å². The minimum absolute atomic E-state index is 0.120. The predicted octanol–water partition coefficient (Wildman–Crippen LogP) is 0.626. The third-order valence-electron chi connectivity index (χ3n) is 2.05. The van der Waals surface area contributed by atoms with E-state index in [-0.39, 0.29) is 5.82 Å². The average molecular weight is 222 g/mol. The monoisotopic (exact) mass is 222 g/mol. The van der Waals surface area contributed by atoms with E-state index in [1.807, 2.05) is 10.8 Å². The molecule has 0 unspecified atom stereocenters. The summed E-state index contributed by atoms with van der Waals surface area (Å²) in [6.45, 7) is 1.25. The number of anilines is 1. The molecule has 0 radical (unpaired) electrons. The maximum absolute atomic E-state index is 10.6. The summed E-state index contributed by atoms with van der Waals surface area (Å²) in [5.74, 6) is -0.120. The number of imidazole rings is 1. The molecular formula is C8H10N6O2. The fourth-order valence-electron chi connectivity index (χ4n) is 1.29. The molecule has 2 heterocycles. The molecule has 2 aromatic rings. The molecule has 0 saturated carbocycles. The van der Waals surface area contributed by atoms with Crippen LogP contribution in [0.2, 0.25) is 0 Å². The maximum atomic E-state index is 10.6. The zero-order chi connectivity index (χ0) is 11.4. The van der Waals surface area contributed by atoms with Gasteiger partial charge < -0.3 is 20.0 Å². The Morgan fingerprint density at radius 3 is 3.19 bits per heavy atom. The molecular weight excluding hydrogens is 212 g/mol. The van der Waals surface area contributed by atoms with Gasteiger partial charge in [-0.1, -0.05) is 5.10 Å². The van der Waals surface area contributed by atoms with Gasteiger partial charge in [0.2, 0.25) is 0 Å². The van der Waals surface area contributed by atoms with Crippen molar-refractivity contribution < 1.29 is 4.92 Å². The van der Waals surface area contributed by atoms with E-state index in [2.05, 4.69) is 20.5 Å². The number of hydrogen-bond acceptors (Lipinski definition) is 5. The normalized spacial score (nSPS) is 10.2. The summed E-state index contributed by atoms with van der Waals surface area (Å²) in [5, 5.41) is 19.4. The third-order valence-corrected chi connectivity index (χ3v) is 2.05. The highest BCUT2D eigenvalue weighted by atomic mass is 16.6. The van der Waals surface area contributed by atoms with Gasteiger partial charge in [-0.2, -0.15) is 0 Å². The van der Waals surface area contributed by atoms with Crippen LogP contribution in [0.15, 0.2) is 24.9 Å². The molecule has 0 fully saturated rings. The van der Waals surface area contributed by atoms with Gasteiger partial charge >= 0.3 is 5.82 Å². The Kier molecular flexibility index (Phi) is 2.81. The molecule has 0 amide bonds. The Morgan fingerprint density at radius 1 is 1.62 bits per heavy atom. The molecule has 2 rings (SSSR count). The first kappa shape index (κ1) is 10.1. The van der Waals surface area contributed by atoms with Crippen LogP contribution in [0.1, 0.15) is 0 Å². The molecule has 2 N–H and O–H groups in total. The Balaban J connectivity index is 1.90. The average Bonchev–Trinajstić information content (AvgIpc) is 2.87. The van der Waals surface area contributed by atoms with Crippen molar-refractivity contribution in [2.45, 2.75) is 6.54 Å². The summed E-state index contributed by atoms with van der Waals surface area (Å²) in [5.41, 5.74) is 0.394. The zero-order valence-electron chi connectivity index (χ0n) is 8.33. The predicted molar refractivity (Wildman–Crippen MR) is 56.0 cm³/mol. The minimum atomic E-state index is -0.507. The van der Waals surface area contributed by atoms with Gasteiger partial charge in [-0.25, -0.2) is 4.98 Å². The lowest BCUT2D eigenvalue weighted by atomic mass is 10.5. The summed E-state index contributed by atoms with van der Waals surface area (Å²) in [7, 11) is 0. The fourth-order valence-corrected chi connectivity index (χ4v) is 1.29. The van der Waals surface area contributed by atoms with E-state index in [0.717, 1.165) is 0 Å². The van der Waals surface area contributed by atoms with Gasteiger partial charge in [0.25, 0.3) is 0 Å². The van der Waals surface area contributed by atoms with Crippen LogP contribution in [0.5, 0.6) is 0 Å². The third kappa shape index (κ3) is 2.16. The van der Waals surface area contributed by atoms with Crippen LogP contribution in [0.3, 0.4) is 0 Å². The number of nitro groups is 1. The Bertz CT molecular complexity index is 463. The van der Waals surface area contributed by atoms with Crippen molar-refractivity contribution in [1.29, 1.82) is 0 Å². The van der Waals surface area contributed by atoms with Gasteiger partial charge in [0.15, 0.2) is 5.69 Å². The van der Waals surface area contributed by atoms with E-state index in [1.165, 1.54) is 6.20 Å². The van der Waals surface area contributed by atoms with Gasteiger partial charge in [-0.15, -0.1) is 5.10 Å². The molecule has 0 bridgehead atoms. The highest BCUT2D eigenvalue weighted by molar-refractivity contribution is 5.55. The summed E-state index contributed by atoms with van der Waals surface area (Å²) < 4.78 is 1.87. The first-order valence-electron chi connectivity index (χ1n) is 4.65. The molecule has 0 saturated heterocycles. The number of nitrogens with zero attached hydrogens (tertiary/aromatic N) is 4. The second-order valence-electron chi connectivity index (χ2n) is 3.12. The molecule has 0 spiro atoms. The lowest BCUT2D eigenvalue weighted by Crippen LogP contribution is -2.09. The maximum Gasteiger partial charge on any atom is 0.366 e. The van der Waals surface area contributed by atoms with Crippen LogP contribution in [0.25, 0.3) is 0 Å². The molecule has 0 aliphatic rings. The van der Waals surface area contributed by atoms with Crippen LogP contribution in [-0.2, 0) is 6.54 Å². The first-order valence-corrected chi connectivity index (χ1v) is 4.65. The van der Waals surface area contributed by atoms with Crippen molar-refractivity contribution in [3.63, 3.8) is 0 Å². The van der Waals surface area contributed by atoms with E-state index in [4.69, 9.17) is 0 Å². The fraction of sp³-hybridized carbons (Fsp3) is 0.250. The molecule has 8 nitrogen and oxygen atoms in total. The van der Waals surface area contributed by atoms with Crippen LogP contribution < -0.4 is 5.32 Å². The lowest BCUT2D eigenvalue weighted by Gasteiger charge is -2.04. The summed E-state index contributed by atoms with van der Waals surface area (Å²) in [4.78, 5) is 13.9. The number of nitrogens with one attached hydrogen (secondary N) is 2. The first-order chi connectivity index (χ1) is 7.77. The molecule has 8 heteroatoms. The second-order valence-corrected chi connectivity index (χ2v) is 3.12. The second kappa shape index (κ2) is 4.43. The van der Waals surface area contributed by atoms with E-state index in [1.54, 1.807) is 12.5 Å². The Morgan fingerprint density at radius 2 is 2.50 bits per heavy atom. The van der Waals surface area contributed by atoms with Crippen molar-refractivity contribution in [2.24, 2.45) is 0 Å². The molecule has 16 heavy (non-hydrogen) atoms. The van der Waals surface area contributed by atoms with Gasteiger partial charge in [0, 0.05) is 25.5 Å². The van der Waals surface area contributed by atoms with E-state index >= 15 is 0 Å². The summed E-state index contributed by atoms with van der Waals surface area (Å²) in [6, 6.07) is 0. The molecule has 84 valence electrons. The van der Waals surface area contributed by atoms with Crippen LogP contribution in [0.4, 0.5) is 11.5 Å². The topological polar surface area (TPSA) is 102 Å². The number of aromatic nitrogens is 4. The number of aromatic amines is 1. The van der Waals surface area contributed by atoms with E-state index in [9.17, 15) is 10.1 Å². The standard InChI is InChI=1S/C8H10N6O2/c15-14(16)8-7(5-11-12-8)10-2-4-13-3-1-9-6-13/h1,3,5-6,10H,2,4H2,(H,11,12). The summed E-state index contributed by atoms with van der Waals surface area (Å²) >= 11 is 0. The number of hydrogen-bond donors (Lipinski definition) is 2. The molecule has 0 aliphatic carbocycles. The van der Waals surface area contributed by atoms with Crippen molar-refractivity contribution in [3.8, 4) is 0 Å². The Labute approximate surface area is 90.5 Å². The van der Waals surface area contributed by atoms with E-state index < -0.39 is 4.92 Å². The molecule has 0 aromatic carbocycles. The number of rotatable bonds is 5. The van der Waals surface area contributed by atoms with Crippen LogP contribution in [0, 0.1) is 10.1 Å². The highest BCUT2D eigenvalue weighted by Crippen LogP contribution is 2.18. The number of H-pyrrole nitrogens is 1. The van der Waals surface area contributed by atoms with Gasteiger partial charge in [-0.3, -0.25) is 0 Å². The quantitative estimate of drug-likeness (QED) is 0.570. The zero-order valence-corrected chi connectivity index (χ0v) is 8.33. The van der Waals surface area contributed by atoms with Gasteiger partial charge in [0.1, 0.15) is 6.20 Å². The summed E-state index contributed by atoms with van der Waals surface area (Å²) in [6.07, 6.45) is 6.59. The Hall–Kier alpha value is -2.38. The molecule has 0 atom stereocenters. The lowest BCUT2D eigenvalue weighted by molar-refractivity contribution is -0.388. The minimum Gasteiger partial charge on any atom is -0.375 e. The highest BCUT2D eigenvalue weighted by Gasteiger charge is 2.13.